The van der Waals surface area contributed by atoms with Crippen molar-refractivity contribution in [3.8, 4) is 0 Å². The van der Waals surface area contributed by atoms with Crippen molar-refractivity contribution in [2.24, 2.45) is 17.4 Å². The summed E-state index contributed by atoms with van der Waals surface area (Å²) in [5, 5.41) is -0.0233. The minimum Gasteiger partial charge on any atom is -0.324 e. The Labute approximate surface area is 137 Å². The van der Waals surface area contributed by atoms with Crippen LogP contribution in [0.1, 0.15) is 31.4 Å². The van der Waals surface area contributed by atoms with Gasteiger partial charge >= 0.3 is 6.18 Å². The Morgan fingerprint density at radius 1 is 1.35 bits per heavy atom. The molecule has 1 aromatic carbocycles. The minimum absolute atomic E-state index is 0.0233. The molecule has 4 N–H and O–H groups in total. The van der Waals surface area contributed by atoms with E-state index in [1.807, 2.05) is 0 Å². The average molecular weight is 354 g/mol. The molecule has 3 nitrogen and oxygen atoms in total. The van der Waals surface area contributed by atoms with Crippen molar-refractivity contribution >= 4 is 11.6 Å². The number of likely N-dealkylation sites (tertiary alicyclic amines) is 1. The van der Waals surface area contributed by atoms with Crippen LogP contribution in [0.5, 0.6) is 0 Å². The number of hydrogen-bond donors (Lipinski definition) is 2. The van der Waals surface area contributed by atoms with Crippen molar-refractivity contribution in [3.63, 3.8) is 0 Å². The Morgan fingerprint density at radius 3 is 2.52 bits per heavy atom. The van der Waals surface area contributed by atoms with E-state index in [9.17, 15) is 17.6 Å². The first-order valence-corrected chi connectivity index (χ1v) is 7.75. The molecule has 1 aliphatic rings. The number of hydrogen-bond acceptors (Lipinski definition) is 3. The second-order valence-corrected chi connectivity index (χ2v) is 6.54. The second kappa shape index (κ2) is 6.93. The summed E-state index contributed by atoms with van der Waals surface area (Å²) in [5.41, 5.74) is 12.8. The third-order valence-corrected chi connectivity index (χ3v) is 4.67. The quantitative estimate of drug-likeness (QED) is 0.819. The summed E-state index contributed by atoms with van der Waals surface area (Å²) in [5.74, 6) is -0.626. The first kappa shape index (κ1) is 18.4. The minimum atomic E-state index is -4.29. The highest BCUT2D eigenvalue weighted by Crippen LogP contribution is 2.36. The first-order valence-electron chi connectivity index (χ1n) is 7.37. The Balaban J connectivity index is 2.09. The van der Waals surface area contributed by atoms with Crippen LogP contribution >= 0.6 is 11.6 Å². The van der Waals surface area contributed by atoms with E-state index in [-0.39, 0.29) is 17.0 Å². The summed E-state index contributed by atoms with van der Waals surface area (Å²) in [7, 11) is 0. The SMILES string of the molecule is C[C@H]1C[C@@H](C(N)c2ccc(F)c(Cl)c2)C[C@@H](N)N1CC(F)(F)F. The van der Waals surface area contributed by atoms with Gasteiger partial charge in [-0.1, -0.05) is 17.7 Å². The molecule has 1 fully saturated rings. The highest BCUT2D eigenvalue weighted by atomic mass is 35.5. The van der Waals surface area contributed by atoms with Gasteiger partial charge < -0.3 is 11.5 Å². The maximum atomic E-state index is 13.2. The first-order chi connectivity index (χ1) is 10.6. The molecule has 1 aromatic rings. The molecule has 8 heteroatoms. The fourth-order valence-electron chi connectivity index (χ4n) is 3.21. The lowest BCUT2D eigenvalue weighted by Gasteiger charge is -2.44. The second-order valence-electron chi connectivity index (χ2n) is 6.13. The van der Waals surface area contributed by atoms with Gasteiger partial charge in [-0.05, 0) is 43.4 Å². The molecule has 130 valence electrons. The van der Waals surface area contributed by atoms with Gasteiger partial charge in [0.1, 0.15) is 5.82 Å². The van der Waals surface area contributed by atoms with E-state index in [2.05, 4.69) is 0 Å². The van der Waals surface area contributed by atoms with Gasteiger partial charge in [0.25, 0.3) is 0 Å². The van der Waals surface area contributed by atoms with Crippen molar-refractivity contribution < 1.29 is 17.6 Å². The predicted molar refractivity (Wildman–Crippen MR) is 81.3 cm³/mol. The lowest BCUT2D eigenvalue weighted by Crippen LogP contribution is -2.56. The van der Waals surface area contributed by atoms with Crippen molar-refractivity contribution in [3.05, 3.63) is 34.6 Å². The number of nitrogens with two attached hydrogens (primary N) is 2. The molecule has 0 saturated carbocycles. The van der Waals surface area contributed by atoms with E-state index >= 15 is 0 Å². The van der Waals surface area contributed by atoms with E-state index in [1.54, 1.807) is 13.0 Å². The van der Waals surface area contributed by atoms with Crippen LogP contribution in [0.2, 0.25) is 5.02 Å². The zero-order chi connectivity index (χ0) is 17.4. The molecule has 0 aromatic heterocycles. The number of nitrogens with zero attached hydrogens (tertiary/aromatic N) is 1. The molecule has 0 bridgehead atoms. The van der Waals surface area contributed by atoms with E-state index in [0.29, 0.717) is 18.4 Å². The Bertz CT molecular complexity index is 540. The monoisotopic (exact) mass is 353 g/mol. The largest absolute Gasteiger partial charge is 0.401 e. The third kappa shape index (κ3) is 4.56. The van der Waals surface area contributed by atoms with Crippen LogP contribution in [0.25, 0.3) is 0 Å². The number of piperidine rings is 1. The van der Waals surface area contributed by atoms with Gasteiger partial charge in [-0.2, -0.15) is 13.2 Å². The van der Waals surface area contributed by atoms with Crippen LogP contribution in [0.15, 0.2) is 18.2 Å². The van der Waals surface area contributed by atoms with E-state index in [0.717, 1.165) is 0 Å². The van der Waals surface area contributed by atoms with E-state index in [4.69, 9.17) is 23.1 Å². The van der Waals surface area contributed by atoms with Gasteiger partial charge in [-0.3, -0.25) is 4.90 Å². The van der Waals surface area contributed by atoms with Gasteiger partial charge in [0, 0.05) is 12.1 Å². The average Bonchev–Trinajstić information content (AvgIpc) is 2.44. The van der Waals surface area contributed by atoms with Gasteiger partial charge in [0.2, 0.25) is 0 Å². The molecule has 0 radical (unpaired) electrons. The van der Waals surface area contributed by atoms with Gasteiger partial charge in [0.15, 0.2) is 0 Å². The molecule has 0 amide bonds. The van der Waals surface area contributed by atoms with E-state index in [1.165, 1.54) is 17.0 Å². The van der Waals surface area contributed by atoms with Gasteiger partial charge in [-0.15, -0.1) is 0 Å². The van der Waals surface area contributed by atoms with Crippen LogP contribution in [-0.4, -0.2) is 29.8 Å². The van der Waals surface area contributed by atoms with Crippen molar-refractivity contribution in [2.45, 2.75) is 44.2 Å². The van der Waals surface area contributed by atoms with E-state index < -0.39 is 30.7 Å². The summed E-state index contributed by atoms with van der Waals surface area (Å²) < 4.78 is 51.1. The lowest BCUT2D eigenvalue weighted by atomic mass is 9.81. The van der Waals surface area contributed by atoms with Gasteiger partial charge in [-0.25, -0.2) is 4.39 Å². The Kier molecular flexibility index (Phi) is 5.56. The van der Waals surface area contributed by atoms with Crippen LogP contribution in [0.4, 0.5) is 17.6 Å². The standard InChI is InChI=1S/C15H20ClF4N3/c1-8-4-10(6-13(21)23(8)7-15(18,19)20)14(22)9-2-3-12(17)11(16)5-9/h2-3,5,8,10,13-14H,4,6-7,21-22H2,1H3/t8-,10+,13-,14?/m0/s1. The summed E-state index contributed by atoms with van der Waals surface area (Å²) in [6, 6.07) is 3.45. The Hall–Kier alpha value is -0.890. The smallest absolute Gasteiger partial charge is 0.324 e. The lowest BCUT2D eigenvalue weighted by molar-refractivity contribution is -0.161. The highest BCUT2D eigenvalue weighted by Gasteiger charge is 2.40. The van der Waals surface area contributed by atoms with Crippen LogP contribution in [-0.2, 0) is 0 Å². The van der Waals surface area contributed by atoms with Crippen LogP contribution < -0.4 is 11.5 Å². The molecule has 1 saturated heterocycles. The third-order valence-electron chi connectivity index (χ3n) is 4.38. The predicted octanol–water partition coefficient (Wildman–Crippen LogP) is 3.43. The summed E-state index contributed by atoms with van der Waals surface area (Å²) in [6.45, 7) is 0.682. The summed E-state index contributed by atoms with van der Waals surface area (Å²) >= 11 is 5.76. The molecule has 0 spiro atoms. The molecule has 2 rings (SSSR count). The number of alkyl halides is 3. The normalized spacial score (nSPS) is 27.9. The molecular formula is C15H20ClF4N3. The molecular weight excluding hydrogens is 334 g/mol. The summed E-state index contributed by atoms with van der Waals surface area (Å²) in [4.78, 5) is 1.25. The number of benzene rings is 1. The highest BCUT2D eigenvalue weighted by molar-refractivity contribution is 6.30. The molecule has 0 aliphatic carbocycles. The van der Waals surface area contributed by atoms with Crippen molar-refractivity contribution in [1.82, 2.24) is 4.90 Å². The number of rotatable bonds is 3. The molecule has 1 heterocycles. The number of halogens is 5. The fraction of sp³-hybridized carbons (Fsp3) is 0.600. The topological polar surface area (TPSA) is 55.3 Å². The maximum absolute atomic E-state index is 13.2. The zero-order valence-corrected chi connectivity index (χ0v) is 13.4. The molecule has 4 atom stereocenters. The van der Waals surface area contributed by atoms with Gasteiger partial charge in [0.05, 0.1) is 17.7 Å². The summed E-state index contributed by atoms with van der Waals surface area (Å²) in [6.07, 6.45) is -4.17. The molecule has 23 heavy (non-hydrogen) atoms. The van der Waals surface area contributed by atoms with Crippen LogP contribution in [0.3, 0.4) is 0 Å². The Morgan fingerprint density at radius 2 is 2.00 bits per heavy atom. The molecule has 1 unspecified atom stereocenters. The maximum Gasteiger partial charge on any atom is 0.401 e. The fourth-order valence-corrected chi connectivity index (χ4v) is 3.40. The van der Waals surface area contributed by atoms with Crippen molar-refractivity contribution in [2.75, 3.05) is 6.54 Å². The molecule has 1 aliphatic heterocycles. The van der Waals surface area contributed by atoms with Crippen LogP contribution in [0, 0.1) is 11.7 Å². The van der Waals surface area contributed by atoms with Crippen molar-refractivity contribution in [1.29, 1.82) is 0 Å². The zero-order valence-electron chi connectivity index (χ0n) is 12.7.